The van der Waals surface area contributed by atoms with Crippen molar-refractivity contribution >= 4 is 17.3 Å². The minimum atomic E-state index is -0.159. The second-order valence-corrected chi connectivity index (χ2v) is 4.67. The van der Waals surface area contributed by atoms with Gasteiger partial charge in [0.15, 0.2) is 0 Å². The maximum Gasteiger partial charge on any atom is 0.247 e. The number of nitrogens with zero attached hydrogens (tertiary/aromatic N) is 1. The lowest BCUT2D eigenvalue weighted by atomic mass is 10.0. The van der Waals surface area contributed by atoms with E-state index in [4.69, 9.17) is 5.73 Å². The smallest absolute Gasteiger partial charge is 0.247 e. The molecule has 1 atom stereocenters. The van der Waals surface area contributed by atoms with E-state index in [-0.39, 0.29) is 11.9 Å². The van der Waals surface area contributed by atoms with Crippen LogP contribution in [0.4, 0.5) is 11.4 Å². The number of carbonyl (C=O) groups is 1. The first-order valence-corrected chi connectivity index (χ1v) is 5.89. The third-order valence-electron chi connectivity index (χ3n) is 3.30. The van der Waals surface area contributed by atoms with Crippen LogP contribution in [0.3, 0.4) is 0 Å². The zero-order valence-electron chi connectivity index (χ0n) is 10.6. The third kappa shape index (κ3) is 2.00. The predicted molar refractivity (Wildman–Crippen MR) is 70.4 cm³/mol. The average Bonchev–Trinajstić information content (AvgIpc) is 2.26. The Morgan fingerprint density at radius 2 is 2.12 bits per heavy atom. The van der Waals surface area contributed by atoms with Gasteiger partial charge in [0.05, 0.1) is 11.4 Å². The molecule has 0 aromatic heterocycles. The minimum Gasteiger partial charge on any atom is -0.361 e. The first-order valence-electron chi connectivity index (χ1n) is 5.89. The molecule has 0 saturated carbocycles. The van der Waals surface area contributed by atoms with Gasteiger partial charge in [0.25, 0.3) is 0 Å². The van der Waals surface area contributed by atoms with Crippen LogP contribution in [0.15, 0.2) is 12.1 Å². The summed E-state index contributed by atoms with van der Waals surface area (Å²) < 4.78 is 0. The normalized spacial score (nSPS) is 18.9. The lowest BCUT2D eigenvalue weighted by Crippen LogP contribution is -2.47. The van der Waals surface area contributed by atoms with Gasteiger partial charge >= 0.3 is 0 Å². The highest BCUT2D eigenvalue weighted by molar-refractivity contribution is 6.04. The Bertz CT molecular complexity index is 456. The molecule has 17 heavy (non-hydrogen) atoms. The molecule has 0 saturated heterocycles. The standard InChI is InChI=1S/C13H19N3O/c1-8-6-9(2)12-11(7-8)16(3)10(4-5-14)13(17)15-12/h6-7,10H,4-5,14H2,1-3H3,(H,15,17). The van der Waals surface area contributed by atoms with Gasteiger partial charge in [-0.1, -0.05) is 6.07 Å². The molecule has 0 aliphatic carbocycles. The molecule has 1 aliphatic rings. The van der Waals surface area contributed by atoms with E-state index in [2.05, 4.69) is 24.4 Å². The first-order chi connectivity index (χ1) is 8.04. The van der Waals surface area contributed by atoms with Gasteiger partial charge in [0.2, 0.25) is 5.91 Å². The topological polar surface area (TPSA) is 58.4 Å². The number of fused-ring (bicyclic) bond motifs is 1. The Labute approximate surface area is 102 Å². The van der Waals surface area contributed by atoms with E-state index in [9.17, 15) is 4.79 Å². The molecule has 1 heterocycles. The van der Waals surface area contributed by atoms with E-state index in [1.165, 1.54) is 5.56 Å². The van der Waals surface area contributed by atoms with Crippen molar-refractivity contribution in [2.75, 3.05) is 23.8 Å². The summed E-state index contributed by atoms with van der Waals surface area (Å²) in [7, 11) is 1.96. The maximum absolute atomic E-state index is 12.0. The van der Waals surface area contributed by atoms with Crippen LogP contribution in [0.2, 0.25) is 0 Å². The second-order valence-electron chi connectivity index (χ2n) is 4.67. The molecule has 3 N–H and O–H groups in total. The van der Waals surface area contributed by atoms with Crippen molar-refractivity contribution in [1.29, 1.82) is 0 Å². The number of rotatable bonds is 2. The Kier molecular flexibility index (Phi) is 3.07. The van der Waals surface area contributed by atoms with Gasteiger partial charge < -0.3 is 16.0 Å². The van der Waals surface area contributed by atoms with Crippen LogP contribution in [0.25, 0.3) is 0 Å². The molecule has 4 heteroatoms. The number of hydrogen-bond acceptors (Lipinski definition) is 3. The summed E-state index contributed by atoms with van der Waals surface area (Å²) in [6, 6.07) is 4.02. The molecule has 1 aromatic rings. The lowest BCUT2D eigenvalue weighted by Gasteiger charge is -2.36. The summed E-state index contributed by atoms with van der Waals surface area (Å²) in [5.74, 6) is 0.0393. The zero-order chi connectivity index (χ0) is 12.6. The summed E-state index contributed by atoms with van der Waals surface area (Å²) in [6.07, 6.45) is 0.675. The van der Waals surface area contributed by atoms with E-state index in [1.807, 2.05) is 18.9 Å². The Hall–Kier alpha value is -1.55. The quantitative estimate of drug-likeness (QED) is 0.812. The van der Waals surface area contributed by atoms with Crippen molar-refractivity contribution in [2.24, 2.45) is 5.73 Å². The molecule has 1 amide bonds. The Morgan fingerprint density at radius 3 is 2.76 bits per heavy atom. The van der Waals surface area contributed by atoms with Crippen molar-refractivity contribution in [3.63, 3.8) is 0 Å². The van der Waals surface area contributed by atoms with Crippen molar-refractivity contribution in [3.8, 4) is 0 Å². The molecule has 0 bridgehead atoms. The molecule has 4 nitrogen and oxygen atoms in total. The summed E-state index contributed by atoms with van der Waals surface area (Å²) in [5.41, 5.74) is 9.88. The zero-order valence-corrected chi connectivity index (χ0v) is 10.6. The van der Waals surface area contributed by atoms with Crippen LogP contribution >= 0.6 is 0 Å². The van der Waals surface area contributed by atoms with E-state index >= 15 is 0 Å². The summed E-state index contributed by atoms with van der Waals surface area (Å²) >= 11 is 0. The Morgan fingerprint density at radius 1 is 1.41 bits per heavy atom. The van der Waals surface area contributed by atoms with Gasteiger partial charge in [-0.15, -0.1) is 0 Å². The van der Waals surface area contributed by atoms with Crippen LogP contribution in [0.5, 0.6) is 0 Å². The van der Waals surface area contributed by atoms with Gasteiger partial charge in [0, 0.05) is 7.05 Å². The number of aryl methyl sites for hydroxylation is 2. The number of hydrogen-bond donors (Lipinski definition) is 2. The van der Waals surface area contributed by atoms with E-state index in [0.717, 1.165) is 16.9 Å². The second kappa shape index (κ2) is 4.37. The minimum absolute atomic E-state index is 0.0393. The lowest BCUT2D eigenvalue weighted by molar-refractivity contribution is -0.117. The maximum atomic E-state index is 12.0. The van der Waals surface area contributed by atoms with Crippen molar-refractivity contribution in [2.45, 2.75) is 26.3 Å². The molecule has 0 radical (unpaired) electrons. The van der Waals surface area contributed by atoms with Crippen molar-refractivity contribution < 1.29 is 4.79 Å². The number of benzene rings is 1. The molecular weight excluding hydrogens is 214 g/mol. The summed E-state index contributed by atoms with van der Waals surface area (Å²) in [5, 5.41) is 2.98. The number of nitrogens with two attached hydrogens (primary N) is 1. The number of likely N-dealkylation sites (N-methyl/N-ethyl adjacent to an activating group) is 1. The summed E-state index contributed by atoms with van der Waals surface area (Å²) in [6.45, 7) is 4.60. The molecule has 0 fully saturated rings. The van der Waals surface area contributed by atoms with Crippen LogP contribution in [-0.4, -0.2) is 25.5 Å². The van der Waals surface area contributed by atoms with Crippen LogP contribution < -0.4 is 16.0 Å². The molecule has 1 aliphatic heterocycles. The number of amides is 1. The highest BCUT2D eigenvalue weighted by Crippen LogP contribution is 2.35. The molecule has 1 unspecified atom stereocenters. The molecule has 0 spiro atoms. The highest BCUT2D eigenvalue weighted by atomic mass is 16.2. The monoisotopic (exact) mass is 233 g/mol. The van der Waals surface area contributed by atoms with Gasteiger partial charge in [-0.3, -0.25) is 4.79 Å². The van der Waals surface area contributed by atoms with Crippen LogP contribution in [-0.2, 0) is 4.79 Å². The van der Waals surface area contributed by atoms with Gasteiger partial charge in [-0.25, -0.2) is 0 Å². The fourth-order valence-corrected chi connectivity index (χ4v) is 2.42. The SMILES string of the molecule is Cc1cc(C)c2c(c1)N(C)C(CCN)C(=O)N2. The van der Waals surface area contributed by atoms with Crippen molar-refractivity contribution in [3.05, 3.63) is 23.3 Å². The largest absolute Gasteiger partial charge is 0.361 e. The van der Waals surface area contributed by atoms with Crippen molar-refractivity contribution in [1.82, 2.24) is 0 Å². The number of anilines is 2. The van der Waals surface area contributed by atoms with Crippen LogP contribution in [0.1, 0.15) is 17.5 Å². The number of nitrogens with one attached hydrogen (secondary N) is 1. The molecular formula is C13H19N3O. The van der Waals surface area contributed by atoms with E-state index in [0.29, 0.717) is 13.0 Å². The fraction of sp³-hybridized carbons (Fsp3) is 0.462. The molecule has 92 valence electrons. The van der Waals surface area contributed by atoms with Gasteiger partial charge in [-0.2, -0.15) is 0 Å². The predicted octanol–water partition coefficient (Wildman–Crippen LogP) is 1.41. The first kappa shape index (κ1) is 11.9. The Balaban J connectivity index is 2.46. The highest BCUT2D eigenvalue weighted by Gasteiger charge is 2.30. The average molecular weight is 233 g/mol. The third-order valence-corrected chi connectivity index (χ3v) is 3.30. The summed E-state index contributed by atoms with van der Waals surface area (Å²) in [4.78, 5) is 14.0. The molecule has 1 aromatic carbocycles. The number of carbonyl (C=O) groups excluding carboxylic acids is 1. The van der Waals surface area contributed by atoms with E-state index < -0.39 is 0 Å². The van der Waals surface area contributed by atoms with Crippen LogP contribution in [0, 0.1) is 13.8 Å². The van der Waals surface area contributed by atoms with Gasteiger partial charge in [-0.05, 0) is 44.0 Å². The van der Waals surface area contributed by atoms with E-state index in [1.54, 1.807) is 0 Å². The molecule has 2 rings (SSSR count). The van der Waals surface area contributed by atoms with Gasteiger partial charge in [0.1, 0.15) is 6.04 Å². The fourth-order valence-electron chi connectivity index (χ4n) is 2.42.